The van der Waals surface area contributed by atoms with Crippen LogP contribution in [0, 0.1) is 0 Å². The number of para-hydroxylation sites is 2. The Labute approximate surface area is 161 Å². The molecule has 0 amide bonds. The summed E-state index contributed by atoms with van der Waals surface area (Å²) < 4.78 is 5.19. The number of nitrogens with zero attached hydrogens (tertiary/aromatic N) is 4. The zero-order valence-electron chi connectivity index (χ0n) is 16.1. The number of rotatable bonds is 2. The molecule has 3 heterocycles. The largest absolute Gasteiger partial charge is 0.347 e. The Morgan fingerprint density at radius 2 is 1.50 bits per heavy atom. The Morgan fingerprint density at radius 1 is 0.857 bits per heavy atom. The number of hydrogen-bond donors (Lipinski definition) is 0. The van der Waals surface area contributed by atoms with E-state index in [1.165, 1.54) is 26.7 Å². The van der Waals surface area contributed by atoms with Crippen LogP contribution in [0.1, 0.15) is 11.3 Å². The molecule has 0 saturated heterocycles. The molecular formula is C22H22N4O2. The van der Waals surface area contributed by atoms with Crippen molar-refractivity contribution in [1.82, 2.24) is 18.6 Å². The Morgan fingerprint density at radius 3 is 2.25 bits per heavy atom. The van der Waals surface area contributed by atoms with Gasteiger partial charge in [0.15, 0.2) is 0 Å². The van der Waals surface area contributed by atoms with Gasteiger partial charge < -0.3 is 4.57 Å². The number of benzene rings is 2. The SMILES string of the molecule is Cn1c2c(c3ccccc31)CN(Cn1c(=O)c3ccccc3n(C)c1=O)CC2. The first-order valence-electron chi connectivity index (χ1n) is 9.52. The molecule has 0 N–H and O–H groups in total. The van der Waals surface area contributed by atoms with Gasteiger partial charge in [-0.2, -0.15) is 0 Å². The summed E-state index contributed by atoms with van der Waals surface area (Å²) in [5, 5.41) is 1.83. The number of aromatic nitrogens is 3. The maximum absolute atomic E-state index is 13.0. The fourth-order valence-electron chi connectivity index (χ4n) is 4.50. The van der Waals surface area contributed by atoms with Crippen LogP contribution in [0.25, 0.3) is 21.8 Å². The van der Waals surface area contributed by atoms with Crippen LogP contribution in [-0.4, -0.2) is 25.1 Å². The molecule has 28 heavy (non-hydrogen) atoms. The standard InChI is InChI=1S/C22H22N4O2/c1-23-18-9-5-3-7-15(18)17-13-25(12-11-20(17)23)14-26-21(27)16-8-4-6-10-19(16)24(2)22(26)28/h3-10H,11-14H2,1-2H3. The van der Waals surface area contributed by atoms with Crippen molar-refractivity contribution >= 4 is 21.8 Å². The zero-order chi connectivity index (χ0) is 19.4. The normalized spacial score (nSPS) is 14.6. The van der Waals surface area contributed by atoms with E-state index in [0.29, 0.717) is 17.6 Å². The third-order valence-corrected chi connectivity index (χ3v) is 5.99. The summed E-state index contributed by atoms with van der Waals surface area (Å²) in [6.45, 7) is 1.86. The fourth-order valence-corrected chi connectivity index (χ4v) is 4.50. The van der Waals surface area contributed by atoms with Crippen molar-refractivity contribution < 1.29 is 0 Å². The van der Waals surface area contributed by atoms with Crippen molar-refractivity contribution in [1.29, 1.82) is 0 Å². The summed E-state index contributed by atoms with van der Waals surface area (Å²) in [4.78, 5) is 28.0. The summed E-state index contributed by atoms with van der Waals surface area (Å²) >= 11 is 0. The van der Waals surface area contributed by atoms with E-state index in [0.717, 1.165) is 19.5 Å². The average Bonchev–Trinajstić information content (AvgIpc) is 3.02. The highest BCUT2D eigenvalue weighted by molar-refractivity contribution is 5.85. The predicted octanol–water partition coefficient (Wildman–Crippen LogP) is 2.21. The first-order valence-corrected chi connectivity index (χ1v) is 9.52. The average molecular weight is 374 g/mol. The smallest absolute Gasteiger partial charge is 0.332 e. The second-order valence-corrected chi connectivity index (χ2v) is 7.54. The van der Waals surface area contributed by atoms with Crippen LogP contribution < -0.4 is 11.2 Å². The van der Waals surface area contributed by atoms with E-state index in [1.807, 2.05) is 18.2 Å². The minimum absolute atomic E-state index is 0.220. The van der Waals surface area contributed by atoms with Crippen LogP contribution in [0.3, 0.4) is 0 Å². The molecule has 2 aromatic heterocycles. The lowest BCUT2D eigenvalue weighted by atomic mass is 10.0. The molecule has 142 valence electrons. The maximum atomic E-state index is 13.0. The quantitative estimate of drug-likeness (QED) is 0.541. The summed E-state index contributed by atoms with van der Waals surface area (Å²) in [5.74, 6) is 0. The minimum Gasteiger partial charge on any atom is -0.347 e. The molecular weight excluding hydrogens is 352 g/mol. The first kappa shape index (κ1) is 17.0. The molecule has 0 bridgehead atoms. The Balaban J connectivity index is 1.56. The highest BCUT2D eigenvalue weighted by Crippen LogP contribution is 2.30. The van der Waals surface area contributed by atoms with E-state index < -0.39 is 0 Å². The summed E-state index contributed by atoms with van der Waals surface area (Å²) in [6.07, 6.45) is 0.906. The second kappa shape index (κ2) is 6.21. The monoisotopic (exact) mass is 374 g/mol. The van der Waals surface area contributed by atoms with E-state index >= 15 is 0 Å². The van der Waals surface area contributed by atoms with Gasteiger partial charge in [-0.3, -0.25) is 14.3 Å². The van der Waals surface area contributed by atoms with Crippen LogP contribution in [0.5, 0.6) is 0 Å². The summed E-state index contributed by atoms with van der Waals surface area (Å²) in [6, 6.07) is 15.7. The van der Waals surface area contributed by atoms with Gasteiger partial charge in [0.05, 0.1) is 17.6 Å². The van der Waals surface area contributed by atoms with E-state index in [-0.39, 0.29) is 11.2 Å². The molecule has 0 spiro atoms. The van der Waals surface area contributed by atoms with Crippen molar-refractivity contribution in [2.24, 2.45) is 14.1 Å². The Hall–Kier alpha value is -3.12. The highest BCUT2D eigenvalue weighted by atomic mass is 16.2. The van der Waals surface area contributed by atoms with Crippen molar-refractivity contribution in [2.75, 3.05) is 6.54 Å². The van der Waals surface area contributed by atoms with E-state index in [9.17, 15) is 9.59 Å². The molecule has 0 fully saturated rings. The number of hydrogen-bond acceptors (Lipinski definition) is 3. The molecule has 1 aliphatic rings. The third kappa shape index (κ3) is 2.38. The van der Waals surface area contributed by atoms with Crippen molar-refractivity contribution in [3.63, 3.8) is 0 Å². The van der Waals surface area contributed by atoms with E-state index in [1.54, 1.807) is 17.7 Å². The molecule has 2 aromatic carbocycles. The predicted molar refractivity (Wildman–Crippen MR) is 110 cm³/mol. The van der Waals surface area contributed by atoms with Gasteiger partial charge in [-0.25, -0.2) is 9.36 Å². The van der Waals surface area contributed by atoms with Gasteiger partial charge in [0.25, 0.3) is 5.56 Å². The molecule has 0 unspecified atom stereocenters. The van der Waals surface area contributed by atoms with Gasteiger partial charge in [-0.1, -0.05) is 30.3 Å². The lowest BCUT2D eigenvalue weighted by Crippen LogP contribution is -2.44. The molecule has 0 atom stereocenters. The topological polar surface area (TPSA) is 52.2 Å². The highest BCUT2D eigenvalue weighted by Gasteiger charge is 2.23. The number of fused-ring (bicyclic) bond motifs is 4. The third-order valence-electron chi connectivity index (χ3n) is 5.99. The summed E-state index contributed by atoms with van der Waals surface area (Å²) in [7, 11) is 3.83. The van der Waals surface area contributed by atoms with Crippen LogP contribution >= 0.6 is 0 Å². The molecule has 0 radical (unpaired) electrons. The van der Waals surface area contributed by atoms with E-state index in [2.05, 4.69) is 40.8 Å². The molecule has 0 saturated carbocycles. The van der Waals surface area contributed by atoms with E-state index in [4.69, 9.17) is 0 Å². The fraction of sp³-hybridized carbons (Fsp3) is 0.273. The van der Waals surface area contributed by atoms with Gasteiger partial charge in [-0.05, 0) is 23.8 Å². The molecule has 0 aliphatic carbocycles. The molecule has 6 heteroatoms. The van der Waals surface area contributed by atoms with Gasteiger partial charge in [0.2, 0.25) is 0 Å². The molecule has 4 aromatic rings. The van der Waals surface area contributed by atoms with Crippen molar-refractivity contribution in [2.45, 2.75) is 19.6 Å². The molecule has 6 nitrogen and oxygen atoms in total. The first-order chi connectivity index (χ1) is 13.6. The molecule has 5 rings (SSSR count). The van der Waals surface area contributed by atoms with Crippen LogP contribution in [0.2, 0.25) is 0 Å². The Bertz CT molecular complexity index is 1340. The minimum atomic E-state index is -0.271. The van der Waals surface area contributed by atoms with Gasteiger partial charge >= 0.3 is 5.69 Å². The zero-order valence-corrected chi connectivity index (χ0v) is 16.1. The van der Waals surface area contributed by atoms with Gasteiger partial charge in [0.1, 0.15) is 0 Å². The van der Waals surface area contributed by atoms with Gasteiger partial charge in [-0.15, -0.1) is 0 Å². The lowest BCUT2D eigenvalue weighted by Gasteiger charge is -2.28. The van der Waals surface area contributed by atoms with Crippen molar-refractivity contribution in [3.05, 3.63) is 80.6 Å². The molecule has 1 aliphatic heterocycles. The number of aryl methyl sites for hydroxylation is 2. The Kier molecular flexibility index (Phi) is 3.77. The maximum Gasteiger partial charge on any atom is 0.332 e. The summed E-state index contributed by atoms with van der Waals surface area (Å²) in [5.41, 5.74) is 4.05. The van der Waals surface area contributed by atoms with Crippen LogP contribution in [0.4, 0.5) is 0 Å². The van der Waals surface area contributed by atoms with Crippen molar-refractivity contribution in [3.8, 4) is 0 Å². The van der Waals surface area contributed by atoms with Crippen LogP contribution in [-0.2, 0) is 33.7 Å². The lowest BCUT2D eigenvalue weighted by molar-refractivity contribution is 0.191. The van der Waals surface area contributed by atoms with Gasteiger partial charge in [0, 0.05) is 50.2 Å². The second-order valence-electron chi connectivity index (χ2n) is 7.54. The van der Waals surface area contributed by atoms with Crippen LogP contribution in [0.15, 0.2) is 58.1 Å².